The predicted octanol–water partition coefficient (Wildman–Crippen LogP) is 2.57. The average molecular weight is 155 g/mol. The van der Waals surface area contributed by atoms with E-state index >= 15 is 0 Å². The largest absolute Gasteiger partial charge is 0.316 e. The van der Waals surface area contributed by atoms with E-state index in [4.69, 9.17) is 0 Å². The molecule has 1 rings (SSSR count). The van der Waals surface area contributed by atoms with Crippen molar-refractivity contribution in [3.8, 4) is 0 Å². The molecule has 11 heavy (non-hydrogen) atoms. The molecule has 1 N–H and O–H groups in total. The van der Waals surface area contributed by atoms with Gasteiger partial charge in [0.05, 0.1) is 0 Å². The Morgan fingerprint density at radius 3 is 2.36 bits per heavy atom. The molecule has 0 radical (unpaired) electrons. The van der Waals surface area contributed by atoms with Crippen LogP contribution in [0.25, 0.3) is 0 Å². The summed E-state index contributed by atoms with van der Waals surface area (Å²) in [6, 6.07) is 0. The van der Waals surface area contributed by atoms with Gasteiger partial charge in [-0.2, -0.15) is 0 Å². The summed E-state index contributed by atoms with van der Waals surface area (Å²) in [6.45, 7) is 6.99. The van der Waals surface area contributed by atoms with E-state index < -0.39 is 0 Å². The van der Waals surface area contributed by atoms with Gasteiger partial charge in [-0.25, -0.2) is 0 Å². The fourth-order valence-corrected chi connectivity index (χ4v) is 1.75. The highest BCUT2D eigenvalue weighted by Gasteiger charge is 2.40. The first-order chi connectivity index (χ1) is 5.33. The summed E-state index contributed by atoms with van der Waals surface area (Å²) in [5.74, 6) is 0. The van der Waals surface area contributed by atoms with E-state index in [1.165, 1.54) is 45.2 Å². The highest BCUT2D eigenvalue weighted by molar-refractivity contribution is 4.94. The van der Waals surface area contributed by atoms with Crippen LogP contribution in [0.15, 0.2) is 0 Å². The highest BCUT2D eigenvalue weighted by Crippen LogP contribution is 2.48. The van der Waals surface area contributed by atoms with Gasteiger partial charge in [-0.3, -0.25) is 0 Å². The molecule has 0 atom stereocenters. The zero-order valence-electron chi connectivity index (χ0n) is 7.95. The summed E-state index contributed by atoms with van der Waals surface area (Å²) in [5, 5.41) is 3.52. The minimum absolute atomic E-state index is 0.740. The Bertz CT molecular complexity index is 105. The molecule has 0 saturated heterocycles. The molecule has 0 bridgehead atoms. The maximum atomic E-state index is 3.52. The van der Waals surface area contributed by atoms with E-state index in [-0.39, 0.29) is 0 Å². The van der Waals surface area contributed by atoms with Crippen LogP contribution in [0.3, 0.4) is 0 Å². The maximum Gasteiger partial charge on any atom is 0.000781 e. The van der Waals surface area contributed by atoms with Crippen LogP contribution >= 0.6 is 0 Å². The Morgan fingerprint density at radius 2 is 1.91 bits per heavy atom. The molecule has 1 fully saturated rings. The lowest BCUT2D eigenvalue weighted by atomic mass is 10.0. The predicted molar refractivity (Wildman–Crippen MR) is 49.7 cm³/mol. The first-order valence-electron chi connectivity index (χ1n) is 5.04. The molecule has 1 saturated carbocycles. The van der Waals surface area contributed by atoms with Crippen LogP contribution in [0.2, 0.25) is 0 Å². The second kappa shape index (κ2) is 4.10. The molecule has 1 nitrogen and oxygen atoms in total. The van der Waals surface area contributed by atoms with Crippen LogP contribution in [0.1, 0.15) is 46.0 Å². The minimum atomic E-state index is 0.740. The summed E-state index contributed by atoms with van der Waals surface area (Å²) in [6.07, 6.45) is 6.99. The second-order valence-electron chi connectivity index (χ2n) is 3.93. The smallest absolute Gasteiger partial charge is 0.000781 e. The molecule has 0 spiro atoms. The van der Waals surface area contributed by atoms with Gasteiger partial charge in [0.25, 0.3) is 0 Å². The third-order valence-corrected chi connectivity index (χ3v) is 2.66. The van der Waals surface area contributed by atoms with Crippen molar-refractivity contribution in [3.05, 3.63) is 0 Å². The van der Waals surface area contributed by atoms with Crippen LogP contribution in [0.5, 0.6) is 0 Å². The quantitative estimate of drug-likeness (QED) is 0.581. The monoisotopic (exact) mass is 155 g/mol. The molecule has 0 aliphatic heterocycles. The number of hydrogen-bond donors (Lipinski definition) is 1. The standard InChI is InChI=1S/C10H21N/c1-3-5-10(6-7-10)9-11-8-4-2/h11H,3-9H2,1-2H3. The minimum Gasteiger partial charge on any atom is -0.316 e. The first kappa shape index (κ1) is 9.05. The van der Waals surface area contributed by atoms with E-state index in [0.29, 0.717) is 0 Å². The Kier molecular flexibility index (Phi) is 3.38. The van der Waals surface area contributed by atoms with Crippen molar-refractivity contribution >= 4 is 0 Å². The van der Waals surface area contributed by atoms with Crippen molar-refractivity contribution in [2.75, 3.05) is 13.1 Å². The van der Waals surface area contributed by atoms with Gasteiger partial charge in [0.2, 0.25) is 0 Å². The lowest BCUT2D eigenvalue weighted by Gasteiger charge is -2.13. The van der Waals surface area contributed by atoms with E-state index in [9.17, 15) is 0 Å². The molecule has 66 valence electrons. The number of nitrogens with one attached hydrogen (secondary N) is 1. The van der Waals surface area contributed by atoms with Crippen molar-refractivity contribution in [3.63, 3.8) is 0 Å². The Balaban J connectivity index is 2.04. The van der Waals surface area contributed by atoms with Crippen molar-refractivity contribution < 1.29 is 0 Å². The van der Waals surface area contributed by atoms with Gasteiger partial charge < -0.3 is 5.32 Å². The fourth-order valence-electron chi connectivity index (χ4n) is 1.75. The average Bonchev–Trinajstić information content (AvgIpc) is 2.71. The van der Waals surface area contributed by atoms with Crippen LogP contribution in [-0.2, 0) is 0 Å². The lowest BCUT2D eigenvalue weighted by Crippen LogP contribution is -2.24. The van der Waals surface area contributed by atoms with Gasteiger partial charge in [-0.15, -0.1) is 0 Å². The fraction of sp³-hybridized carbons (Fsp3) is 1.00. The van der Waals surface area contributed by atoms with Gasteiger partial charge in [-0.1, -0.05) is 20.3 Å². The lowest BCUT2D eigenvalue weighted by molar-refractivity contribution is 0.422. The summed E-state index contributed by atoms with van der Waals surface area (Å²) in [4.78, 5) is 0. The van der Waals surface area contributed by atoms with E-state index in [2.05, 4.69) is 19.2 Å². The zero-order valence-corrected chi connectivity index (χ0v) is 7.95. The normalized spacial score (nSPS) is 20.2. The molecule has 0 unspecified atom stereocenters. The Morgan fingerprint density at radius 1 is 1.18 bits per heavy atom. The first-order valence-corrected chi connectivity index (χ1v) is 5.04. The topological polar surface area (TPSA) is 12.0 Å². The summed E-state index contributed by atoms with van der Waals surface area (Å²) in [5.41, 5.74) is 0.740. The molecule has 0 amide bonds. The van der Waals surface area contributed by atoms with Crippen LogP contribution in [-0.4, -0.2) is 13.1 Å². The molecular weight excluding hydrogens is 134 g/mol. The van der Waals surface area contributed by atoms with Gasteiger partial charge in [0, 0.05) is 6.54 Å². The molecule has 1 heteroatoms. The van der Waals surface area contributed by atoms with Crippen LogP contribution in [0, 0.1) is 5.41 Å². The summed E-state index contributed by atoms with van der Waals surface area (Å²) >= 11 is 0. The molecule has 0 heterocycles. The molecule has 1 aliphatic carbocycles. The second-order valence-corrected chi connectivity index (χ2v) is 3.93. The van der Waals surface area contributed by atoms with Crippen molar-refractivity contribution in [2.24, 2.45) is 5.41 Å². The third kappa shape index (κ3) is 2.82. The molecule has 0 aromatic carbocycles. The highest BCUT2D eigenvalue weighted by atomic mass is 14.9. The molecule has 0 aromatic rings. The van der Waals surface area contributed by atoms with Crippen molar-refractivity contribution in [1.29, 1.82) is 0 Å². The Labute approximate surface area is 70.6 Å². The SMILES string of the molecule is CCCNCC1(CCC)CC1. The molecule has 1 aliphatic rings. The van der Waals surface area contributed by atoms with E-state index in [1.54, 1.807) is 0 Å². The Hall–Kier alpha value is -0.0400. The van der Waals surface area contributed by atoms with E-state index in [1.807, 2.05) is 0 Å². The number of rotatable bonds is 6. The molecule has 0 aromatic heterocycles. The van der Waals surface area contributed by atoms with Crippen LogP contribution in [0.4, 0.5) is 0 Å². The van der Waals surface area contributed by atoms with Crippen molar-refractivity contribution in [1.82, 2.24) is 5.32 Å². The van der Waals surface area contributed by atoms with Gasteiger partial charge in [0.15, 0.2) is 0 Å². The van der Waals surface area contributed by atoms with Gasteiger partial charge in [-0.05, 0) is 37.6 Å². The van der Waals surface area contributed by atoms with Crippen molar-refractivity contribution in [2.45, 2.75) is 46.0 Å². The maximum absolute atomic E-state index is 3.52. The zero-order chi connectivity index (χ0) is 8.16. The third-order valence-electron chi connectivity index (χ3n) is 2.66. The molecular formula is C10H21N. The van der Waals surface area contributed by atoms with Gasteiger partial charge >= 0.3 is 0 Å². The van der Waals surface area contributed by atoms with Crippen LogP contribution < -0.4 is 5.32 Å². The summed E-state index contributed by atoms with van der Waals surface area (Å²) in [7, 11) is 0. The number of hydrogen-bond acceptors (Lipinski definition) is 1. The summed E-state index contributed by atoms with van der Waals surface area (Å²) < 4.78 is 0. The van der Waals surface area contributed by atoms with Gasteiger partial charge in [0.1, 0.15) is 0 Å². The van der Waals surface area contributed by atoms with E-state index in [0.717, 1.165) is 5.41 Å².